The average Bonchev–Trinajstić information content (AvgIpc) is 3.10. The molecule has 1 fully saturated rings. The molecule has 0 bridgehead atoms. The van der Waals surface area contributed by atoms with Crippen LogP contribution < -0.4 is 15.0 Å². The van der Waals surface area contributed by atoms with Gasteiger partial charge in [-0.2, -0.15) is 10.5 Å². The van der Waals surface area contributed by atoms with Gasteiger partial charge in [0.2, 0.25) is 0 Å². The van der Waals surface area contributed by atoms with E-state index in [2.05, 4.69) is 16.4 Å². The van der Waals surface area contributed by atoms with E-state index in [4.69, 9.17) is 9.84 Å². The molecular formula is C35H29FN6O6. The number of anilines is 2. The van der Waals surface area contributed by atoms with Crippen molar-refractivity contribution in [2.45, 2.75) is 18.9 Å². The first-order chi connectivity index (χ1) is 23.1. The van der Waals surface area contributed by atoms with E-state index in [1.54, 1.807) is 42.6 Å². The zero-order valence-electron chi connectivity index (χ0n) is 25.6. The summed E-state index contributed by atoms with van der Waals surface area (Å²) in [6, 6.07) is 20.2. The Labute approximate surface area is 274 Å². The zero-order valence-corrected chi connectivity index (χ0v) is 25.6. The second-order valence-electron chi connectivity index (χ2n) is 10.8. The number of methoxy groups -OCH3 is 1. The first-order valence-electron chi connectivity index (χ1n) is 14.7. The molecule has 13 heteroatoms. The number of carbonyl (C=O) groups is 2. The number of piperidine rings is 1. The van der Waals surface area contributed by atoms with Gasteiger partial charge in [-0.1, -0.05) is 24.3 Å². The van der Waals surface area contributed by atoms with E-state index in [0.717, 1.165) is 11.8 Å². The van der Waals surface area contributed by atoms with Gasteiger partial charge in [0, 0.05) is 48.2 Å². The molecule has 1 aliphatic heterocycles. The normalized spacial score (nSPS) is 13.1. The van der Waals surface area contributed by atoms with E-state index in [-0.39, 0.29) is 28.7 Å². The third-order valence-electron chi connectivity index (χ3n) is 7.90. The molecule has 0 atom stereocenters. The highest BCUT2D eigenvalue weighted by Gasteiger charge is 2.26. The number of hydrogen-bond donors (Lipinski definition) is 4. The van der Waals surface area contributed by atoms with Crippen LogP contribution in [0.2, 0.25) is 0 Å². The molecule has 3 aromatic carbocycles. The topological polar surface area (TPSA) is 183 Å². The number of rotatable bonds is 8. The van der Waals surface area contributed by atoms with Crippen molar-refractivity contribution in [2.24, 2.45) is 0 Å². The number of pyridine rings is 1. The van der Waals surface area contributed by atoms with Gasteiger partial charge in [0.05, 0.1) is 12.7 Å². The molecule has 48 heavy (non-hydrogen) atoms. The lowest BCUT2D eigenvalue weighted by molar-refractivity contribution is -0.150. The van der Waals surface area contributed by atoms with E-state index in [1.165, 1.54) is 31.4 Å². The maximum Gasteiger partial charge on any atom is 0.439 e. The molecule has 5 rings (SSSR count). The van der Waals surface area contributed by atoms with Crippen LogP contribution in [0.4, 0.5) is 20.7 Å². The summed E-state index contributed by atoms with van der Waals surface area (Å²) >= 11 is 0. The fraction of sp³-hybridized carbons (Fsp3) is 0.171. The first kappa shape index (κ1) is 32.9. The number of benzene rings is 3. The quantitative estimate of drug-likeness (QED) is 0.0998. The summed E-state index contributed by atoms with van der Waals surface area (Å²) in [6.45, 7) is 1.08. The lowest BCUT2D eigenvalue weighted by Gasteiger charge is -2.34. The second kappa shape index (κ2) is 14.3. The van der Waals surface area contributed by atoms with Crippen LogP contribution in [0, 0.1) is 28.5 Å². The molecule has 12 nitrogen and oxygen atoms in total. The SMILES string of the molecule is COc1ccc(-c2cnc(N3CCC(Nc4cccc(C=CC(=O)N(O)C(=O)O)c4)CC3)c(C#N)c2-c2ccc(C#N)c(F)c2)cc1O. The number of nitrogens with one attached hydrogen (secondary N) is 1. The van der Waals surface area contributed by atoms with Crippen molar-refractivity contribution in [3.05, 3.63) is 95.4 Å². The Kier molecular flexibility index (Phi) is 9.83. The van der Waals surface area contributed by atoms with Crippen LogP contribution in [-0.2, 0) is 4.79 Å². The molecule has 0 unspecified atom stereocenters. The number of imide groups is 1. The number of carboxylic acid groups (broad SMARTS) is 1. The Morgan fingerprint density at radius 3 is 2.48 bits per heavy atom. The molecule has 0 radical (unpaired) electrons. The van der Waals surface area contributed by atoms with Crippen molar-refractivity contribution < 1.29 is 34.1 Å². The van der Waals surface area contributed by atoms with Crippen molar-refractivity contribution >= 4 is 29.6 Å². The number of hydroxylamine groups is 2. The van der Waals surface area contributed by atoms with Gasteiger partial charge in [-0.25, -0.2) is 14.2 Å². The second-order valence-corrected chi connectivity index (χ2v) is 10.8. The molecule has 2 heterocycles. The highest BCUT2D eigenvalue weighted by atomic mass is 19.1. The van der Waals surface area contributed by atoms with Crippen molar-refractivity contribution in [3.63, 3.8) is 0 Å². The van der Waals surface area contributed by atoms with Crippen LogP contribution in [0.3, 0.4) is 0 Å². The minimum Gasteiger partial charge on any atom is -0.504 e. The molecular weight excluding hydrogens is 619 g/mol. The van der Waals surface area contributed by atoms with Crippen molar-refractivity contribution in [1.29, 1.82) is 10.5 Å². The minimum absolute atomic E-state index is 0.0567. The molecule has 0 saturated carbocycles. The van der Waals surface area contributed by atoms with E-state index in [1.807, 2.05) is 17.0 Å². The van der Waals surface area contributed by atoms with Gasteiger partial charge in [-0.15, -0.1) is 5.06 Å². The first-order valence-corrected chi connectivity index (χ1v) is 14.7. The van der Waals surface area contributed by atoms with Crippen LogP contribution in [-0.4, -0.2) is 63.7 Å². The number of amides is 2. The van der Waals surface area contributed by atoms with Crippen LogP contribution >= 0.6 is 0 Å². The van der Waals surface area contributed by atoms with E-state index in [9.17, 15) is 34.8 Å². The number of hydrogen-bond acceptors (Lipinski definition) is 10. The molecule has 1 saturated heterocycles. The van der Waals surface area contributed by atoms with Gasteiger partial charge in [0.1, 0.15) is 29.3 Å². The highest BCUT2D eigenvalue weighted by molar-refractivity contribution is 5.99. The molecule has 1 aromatic heterocycles. The summed E-state index contributed by atoms with van der Waals surface area (Å²) in [7, 11) is 1.43. The fourth-order valence-corrected chi connectivity index (χ4v) is 5.52. The molecule has 0 spiro atoms. The van der Waals surface area contributed by atoms with E-state index in [0.29, 0.717) is 59.6 Å². The number of aromatic hydroxyl groups is 1. The maximum absolute atomic E-state index is 14.9. The molecule has 1 aliphatic rings. The van der Waals surface area contributed by atoms with Crippen molar-refractivity contribution in [2.75, 3.05) is 30.4 Å². The van der Waals surface area contributed by atoms with Gasteiger partial charge in [0.15, 0.2) is 11.5 Å². The van der Waals surface area contributed by atoms with Crippen LogP contribution in [0.25, 0.3) is 28.3 Å². The highest BCUT2D eigenvalue weighted by Crippen LogP contribution is 2.41. The predicted molar refractivity (Wildman–Crippen MR) is 174 cm³/mol. The van der Waals surface area contributed by atoms with Crippen LogP contribution in [0.15, 0.2) is 72.9 Å². The Morgan fingerprint density at radius 1 is 1.08 bits per heavy atom. The minimum atomic E-state index is -1.78. The molecule has 4 aromatic rings. The number of phenols is 1. The Morgan fingerprint density at radius 2 is 1.83 bits per heavy atom. The molecule has 242 valence electrons. The zero-order chi connectivity index (χ0) is 34.4. The smallest absolute Gasteiger partial charge is 0.439 e. The van der Waals surface area contributed by atoms with E-state index < -0.39 is 22.9 Å². The number of aromatic nitrogens is 1. The number of halogens is 1. The number of nitrogens with zero attached hydrogens (tertiary/aromatic N) is 5. The molecule has 2 amide bonds. The standard InChI is InChI=1S/C35H29FN6O6/c1-48-31-9-8-22(17-30(31)43)28-20-39-34(27(19-38)33(28)23-6-7-24(18-37)29(36)16-23)41-13-11-25(12-14-41)40-26-4-2-3-21(15-26)5-10-32(44)42(47)35(45)46/h2-10,15-17,20,25,40,43,47H,11-14H2,1H3,(H,45,46). The lowest BCUT2D eigenvalue weighted by atomic mass is 9.91. The molecule has 4 N–H and O–H groups in total. The third kappa shape index (κ3) is 7.02. The van der Waals surface area contributed by atoms with Gasteiger partial charge in [-0.3, -0.25) is 10.0 Å². The number of carbonyl (C=O) groups excluding carboxylic acids is 1. The van der Waals surface area contributed by atoms with Gasteiger partial charge in [0.25, 0.3) is 5.91 Å². The summed E-state index contributed by atoms with van der Waals surface area (Å²) in [5.41, 5.74) is 3.28. The number of ether oxygens (including phenoxy) is 1. The summed E-state index contributed by atoms with van der Waals surface area (Å²) in [4.78, 5) is 29.2. The molecule has 0 aliphatic carbocycles. The average molecular weight is 649 g/mol. The Bertz CT molecular complexity index is 1990. The maximum atomic E-state index is 14.9. The van der Waals surface area contributed by atoms with Gasteiger partial charge < -0.3 is 25.2 Å². The van der Waals surface area contributed by atoms with Crippen LogP contribution in [0.5, 0.6) is 11.5 Å². The fourth-order valence-electron chi connectivity index (χ4n) is 5.52. The predicted octanol–water partition coefficient (Wildman–Crippen LogP) is 6.00. The van der Waals surface area contributed by atoms with Crippen molar-refractivity contribution in [1.82, 2.24) is 10.0 Å². The van der Waals surface area contributed by atoms with Crippen molar-refractivity contribution in [3.8, 4) is 45.9 Å². The summed E-state index contributed by atoms with van der Waals surface area (Å²) in [5, 5.41) is 51.2. The largest absolute Gasteiger partial charge is 0.504 e. The van der Waals surface area contributed by atoms with Gasteiger partial charge >= 0.3 is 6.09 Å². The third-order valence-corrected chi connectivity index (χ3v) is 7.90. The monoisotopic (exact) mass is 648 g/mol. The Hall–Kier alpha value is -6.44. The van der Waals surface area contributed by atoms with Gasteiger partial charge in [-0.05, 0) is 72.0 Å². The summed E-state index contributed by atoms with van der Waals surface area (Å²) in [5.74, 6) is -1.25. The number of phenolic OH excluding ortho intramolecular Hbond substituents is 1. The summed E-state index contributed by atoms with van der Waals surface area (Å²) < 4.78 is 20.0. The Balaban J connectivity index is 1.40. The van der Waals surface area contributed by atoms with Crippen LogP contribution in [0.1, 0.15) is 29.5 Å². The lowest BCUT2D eigenvalue weighted by Crippen LogP contribution is -2.40. The number of nitriles is 2. The van der Waals surface area contributed by atoms with E-state index >= 15 is 0 Å². The summed E-state index contributed by atoms with van der Waals surface area (Å²) in [6.07, 6.45) is 3.51.